The highest BCUT2D eigenvalue weighted by Crippen LogP contribution is 2.39. The van der Waals surface area contributed by atoms with Gasteiger partial charge in [0, 0.05) is 11.6 Å². The van der Waals surface area contributed by atoms with E-state index >= 15 is 0 Å². The maximum absolute atomic E-state index is 12.1. The molecule has 1 saturated carbocycles. The zero-order valence-corrected chi connectivity index (χ0v) is 8.44. The fourth-order valence-electron chi connectivity index (χ4n) is 1.33. The van der Waals surface area contributed by atoms with Gasteiger partial charge in [-0.1, -0.05) is 11.6 Å². The Morgan fingerprint density at radius 1 is 1.33 bits per heavy atom. The van der Waals surface area contributed by atoms with Gasteiger partial charge in [0.15, 0.2) is 0 Å². The Hall–Kier alpha value is -0.840. The van der Waals surface area contributed by atoms with Crippen LogP contribution < -0.4 is 0 Å². The zero-order chi connectivity index (χ0) is 11.1. The highest BCUT2D eigenvalue weighted by Gasteiger charge is 2.31. The van der Waals surface area contributed by atoms with Crippen molar-refractivity contribution in [2.24, 2.45) is 0 Å². The Kier molecular flexibility index (Phi) is 2.58. The molecule has 0 aliphatic heterocycles. The molecule has 0 saturated heterocycles. The summed E-state index contributed by atoms with van der Waals surface area (Å²) in [6.45, 7) is 0. The van der Waals surface area contributed by atoms with Crippen molar-refractivity contribution in [1.82, 2.24) is 9.97 Å². The van der Waals surface area contributed by atoms with E-state index in [0.29, 0.717) is 5.69 Å². The fourth-order valence-corrected chi connectivity index (χ4v) is 1.54. The molecular formula is C9H8ClF3N2. The first-order valence-corrected chi connectivity index (χ1v) is 4.92. The van der Waals surface area contributed by atoms with Crippen molar-refractivity contribution in [3.63, 3.8) is 0 Å². The van der Waals surface area contributed by atoms with Crippen LogP contribution in [0.1, 0.15) is 30.3 Å². The quantitative estimate of drug-likeness (QED) is 0.738. The third-order valence-electron chi connectivity index (χ3n) is 2.12. The van der Waals surface area contributed by atoms with E-state index in [2.05, 4.69) is 9.97 Å². The minimum atomic E-state index is -4.29. The van der Waals surface area contributed by atoms with E-state index in [1.165, 1.54) is 0 Å². The summed E-state index contributed by atoms with van der Waals surface area (Å²) in [6.07, 6.45) is -3.46. The lowest BCUT2D eigenvalue weighted by Gasteiger charge is -2.06. The van der Waals surface area contributed by atoms with Crippen molar-refractivity contribution in [1.29, 1.82) is 0 Å². The number of rotatable bonds is 2. The zero-order valence-electron chi connectivity index (χ0n) is 7.68. The molecule has 1 aliphatic carbocycles. The van der Waals surface area contributed by atoms with Crippen LogP contribution in [0.2, 0.25) is 5.15 Å². The van der Waals surface area contributed by atoms with Crippen LogP contribution in [-0.4, -0.2) is 16.1 Å². The summed E-state index contributed by atoms with van der Waals surface area (Å²) >= 11 is 5.63. The lowest BCUT2D eigenvalue weighted by atomic mass is 10.2. The van der Waals surface area contributed by atoms with Gasteiger partial charge >= 0.3 is 6.18 Å². The van der Waals surface area contributed by atoms with Gasteiger partial charge in [-0.15, -0.1) is 0 Å². The summed E-state index contributed by atoms with van der Waals surface area (Å²) in [5, 5.41) is 0.0890. The number of alkyl halides is 3. The molecule has 6 heteroatoms. The molecule has 1 heterocycles. The van der Waals surface area contributed by atoms with Crippen molar-refractivity contribution in [2.75, 3.05) is 0 Å². The maximum Gasteiger partial charge on any atom is 0.396 e. The van der Waals surface area contributed by atoms with Crippen molar-refractivity contribution in [2.45, 2.75) is 31.4 Å². The van der Waals surface area contributed by atoms with Crippen molar-refractivity contribution in [3.8, 4) is 0 Å². The molecule has 2 rings (SSSR count). The summed E-state index contributed by atoms with van der Waals surface area (Å²) in [6, 6.07) is 1.54. The molecule has 1 aliphatic rings. The van der Waals surface area contributed by atoms with Gasteiger partial charge in [-0.25, -0.2) is 9.97 Å². The normalized spacial score (nSPS) is 16.8. The van der Waals surface area contributed by atoms with E-state index in [4.69, 9.17) is 11.6 Å². The molecule has 0 N–H and O–H groups in total. The SMILES string of the molecule is FC(F)(F)Cc1nc(Cl)cc(C2CC2)n1. The van der Waals surface area contributed by atoms with Crippen LogP contribution in [0.25, 0.3) is 0 Å². The van der Waals surface area contributed by atoms with Crippen LogP contribution in [-0.2, 0) is 6.42 Å². The molecular weight excluding hydrogens is 229 g/mol. The number of hydrogen-bond acceptors (Lipinski definition) is 2. The Morgan fingerprint density at radius 2 is 2.00 bits per heavy atom. The van der Waals surface area contributed by atoms with Crippen LogP contribution in [0, 0.1) is 0 Å². The van der Waals surface area contributed by atoms with E-state index in [1.54, 1.807) is 6.07 Å². The van der Waals surface area contributed by atoms with E-state index in [0.717, 1.165) is 12.8 Å². The second-order valence-electron chi connectivity index (χ2n) is 3.60. The van der Waals surface area contributed by atoms with Gasteiger partial charge in [0.1, 0.15) is 17.4 Å². The van der Waals surface area contributed by atoms with Crippen LogP contribution >= 0.6 is 11.6 Å². The molecule has 0 amide bonds. The number of halogens is 4. The van der Waals surface area contributed by atoms with Gasteiger partial charge in [0.2, 0.25) is 0 Å². The molecule has 1 fully saturated rings. The summed E-state index contributed by atoms with van der Waals surface area (Å²) in [7, 11) is 0. The molecule has 0 spiro atoms. The molecule has 0 aromatic carbocycles. The molecule has 0 bridgehead atoms. The minimum Gasteiger partial charge on any atom is -0.237 e. The highest BCUT2D eigenvalue weighted by molar-refractivity contribution is 6.29. The van der Waals surface area contributed by atoms with E-state index < -0.39 is 12.6 Å². The number of aromatic nitrogens is 2. The van der Waals surface area contributed by atoms with Gasteiger partial charge in [-0.3, -0.25) is 0 Å². The van der Waals surface area contributed by atoms with Crippen LogP contribution in [0.3, 0.4) is 0 Å². The van der Waals surface area contributed by atoms with Crippen LogP contribution in [0.4, 0.5) is 13.2 Å². The van der Waals surface area contributed by atoms with Crippen molar-refractivity contribution in [3.05, 3.63) is 22.7 Å². The molecule has 15 heavy (non-hydrogen) atoms. The summed E-state index contributed by atoms with van der Waals surface area (Å²) in [5.74, 6) is 0.0365. The van der Waals surface area contributed by atoms with Gasteiger partial charge in [0.05, 0.1) is 0 Å². The average Bonchev–Trinajstić information content (AvgIpc) is 2.80. The molecule has 0 radical (unpaired) electrons. The first kappa shape index (κ1) is 10.7. The fraction of sp³-hybridized carbons (Fsp3) is 0.556. The lowest BCUT2D eigenvalue weighted by molar-refractivity contribution is -0.128. The topological polar surface area (TPSA) is 25.8 Å². The Bertz CT molecular complexity index is 374. The lowest BCUT2D eigenvalue weighted by Crippen LogP contribution is -2.14. The number of nitrogens with zero attached hydrogens (tertiary/aromatic N) is 2. The van der Waals surface area contributed by atoms with Gasteiger partial charge in [-0.2, -0.15) is 13.2 Å². The Morgan fingerprint density at radius 3 is 2.53 bits per heavy atom. The molecule has 0 unspecified atom stereocenters. The van der Waals surface area contributed by atoms with E-state index in [1.807, 2.05) is 0 Å². The molecule has 1 aromatic rings. The van der Waals surface area contributed by atoms with Gasteiger partial charge in [-0.05, 0) is 18.9 Å². The second kappa shape index (κ2) is 3.63. The minimum absolute atomic E-state index is 0.0890. The predicted molar refractivity (Wildman–Crippen MR) is 48.8 cm³/mol. The van der Waals surface area contributed by atoms with Crippen molar-refractivity contribution < 1.29 is 13.2 Å². The molecule has 0 atom stereocenters. The van der Waals surface area contributed by atoms with E-state index in [9.17, 15) is 13.2 Å². The molecule has 2 nitrogen and oxygen atoms in total. The second-order valence-corrected chi connectivity index (χ2v) is 3.99. The third-order valence-corrected chi connectivity index (χ3v) is 2.31. The van der Waals surface area contributed by atoms with Crippen LogP contribution in [0.15, 0.2) is 6.07 Å². The molecule has 82 valence electrons. The first-order chi connectivity index (χ1) is 6.94. The Balaban J connectivity index is 2.23. The smallest absolute Gasteiger partial charge is 0.237 e. The van der Waals surface area contributed by atoms with Crippen LogP contribution in [0.5, 0.6) is 0 Å². The first-order valence-electron chi connectivity index (χ1n) is 4.54. The summed E-state index contributed by atoms with van der Waals surface area (Å²) in [5.41, 5.74) is 0.634. The van der Waals surface area contributed by atoms with Gasteiger partial charge < -0.3 is 0 Å². The average molecular weight is 237 g/mol. The standard InChI is InChI=1S/C9H8ClF3N2/c10-7-3-6(5-1-2-5)14-8(15-7)4-9(11,12)13/h3,5H,1-2,4H2. The largest absolute Gasteiger partial charge is 0.396 e. The Labute approximate surface area is 89.5 Å². The number of hydrogen-bond donors (Lipinski definition) is 0. The van der Waals surface area contributed by atoms with Gasteiger partial charge in [0.25, 0.3) is 0 Å². The highest BCUT2D eigenvalue weighted by atomic mass is 35.5. The third kappa shape index (κ3) is 3.06. The van der Waals surface area contributed by atoms with E-state index in [-0.39, 0.29) is 16.9 Å². The summed E-state index contributed by atoms with van der Waals surface area (Å²) < 4.78 is 36.3. The maximum atomic E-state index is 12.1. The predicted octanol–water partition coefficient (Wildman–Crippen LogP) is 3.11. The molecule has 1 aromatic heterocycles. The van der Waals surface area contributed by atoms with Crippen molar-refractivity contribution >= 4 is 11.6 Å². The summed E-state index contributed by atoms with van der Waals surface area (Å²) in [4.78, 5) is 7.43. The monoisotopic (exact) mass is 236 g/mol.